The van der Waals surface area contributed by atoms with Gasteiger partial charge in [0.15, 0.2) is 0 Å². The van der Waals surface area contributed by atoms with Crippen LogP contribution in [0, 0.1) is 5.92 Å². The van der Waals surface area contributed by atoms with Crippen molar-refractivity contribution in [3.8, 4) is 27.9 Å². The summed E-state index contributed by atoms with van der Waals surface area (Å²) in [4.78, 5) is 0. The number of nitrogens with zero attached hydrogens (tertiary/aromatic N) is 2. The van der Waals surface area contributed by atoms with E-state index < -0.39 is 0 Å². The molecule has 50 heavy (non-hydrogen) atoms. The molecule has 6 aromatic carbocycles. The molecule has 0 saturated heterocycles. The van der Waals surface area contributed by atoms with Gasteiger partial charge in [0, 0.05) is 44.3 Å². The number of rotatable bonds is 5. The summed E-state index contributed by atoms with van der Waals surface area (Å²) in [5, 5.41) is 5.28. The monoisotopic (exact) mass is 644 g/mol. The van der Waals surface area contributed by atoms with E-state index in [1.54, 1.807) is 5.57 Å². The fraction of sp³-hybridized carbons (Fsp3) is 0.167. The molecule has 0 spiro atoms. The molecule has 2 heteroatoms. The molecule has 0 bridgehead atoms. The van der Waals surface area contributed by atoms with E-state index in [9.17, 15) is 0 Å². The lowest BCUT2D eigenvalue weighted by Gasteiger charge is -2.32. The standard InChI is InChI=1S/C48H40N2/c1-4-12-33(13-5-1)35-20-25-40(26-21-35)49-45-19-11-10-18-41(45)43-30-36(23-28-46(43)49)37-24-29-47-44(31-37)42-27-22-38(34-14-6-2-7-15-34)32-48(42)50(47)39-16-8-3-9-17-39/h1-4,6-12,14-19,22-24,27-32,35,40H,5,13,20-21,25-26H2. The van der Waals surface area contributed by atoms with Gasteiger partial charge in [0.1, 0.15) is 0 Å². The molecule has 0 unspecified atom stereocenters. The number of hydrogen-bond acceptors (Lipinski definition) is 0. The predicted molar refractivity (Wildman–Crippen MR) is 212 cm³/mol. The summed E-state index contributed by atoms with van der Waals surface area (Å²) < 4.78 is 5.11. The molecule has 10 rings (SSSR count). The average molecular weight is 645 g/mol. The zero-order valence-electron chi connectivity index (χ0n) is 28.3. The SMILES string of the molecule is C1=CCCC(C2CCC(n3c4ccccc4c4cc(-c5ccc6c(c5)c5ccc(-c7ccccc7)cc5n6-c5ccccc5)ccc43)CC2)=C1. The predicted octanol–water partition coefficient (Wildman–Crippen LogP) is 13.2. The van der Waals surface area contributed by atoms with Crippen molar-refractivity contribution in [2.24, 2.45) is 5.92 Å². The van der Waals surface area contributed by atoms with Crippen LogP contribution in [0.1, 0.15) is 44.6 Å². The first-order valence-electron chi connectivity index (χ1n) is 18.4. The summed E-state index contributed by atoms with van der Waals surface area (Å²) in [7, 11) is 0. The van der Waals surface area contributed by atoms with Crippen LogP contribution in [-0.4, -0.2) is 9.13 Å². The van der Waals surface area contributed by atoms with Crippen molar-refractivity contribution in [3.63, 3.8) is 0 Å². The first-order valence-corrected chi connectivity index (χ1v) is 18.4. The van der Waals surface area contributed by atoms with E-state index in [2.05, 4.69) is 167 Å². The maximum atomic E-state index is 2.68. The molecular weight excluding hydrogens is 605 g/mol. The maximum absolute atomic E-state index is 2.68. The van der Waals surface area contributed by atoms with E-state index in [1.165, 1.54) is 110 Å². The van der Waals surface area contributed by atoms with E-state index in [0.29, 0.717) is 6.04 Å². The fourth-order valence-electron chi connectivity index (χ4n) is 9.11. The van der Waals surface area contributed by atoms with E-state index in [1.807, 2.05) is 0 Å². The van der Waals surface area contributed by atoms with Crippen LogP contribution < -0.4 is 0 Å². The molecule has 1 fully saturated rings. The van der Waals surface area contributed by atoms with Gasteiger partial charge in [0.2, 0.25) is 0 Å². The van der Waals surface area contributed by atoms with Crippen LogP contribution in [0.15, 0.2) is 163 Å². The zero-order chi connectivity index (χ0) is 33.0. The Labute approximate surface area is 293 Å². The normalized spacial score (nSPS) is 18.0. The van der Waals surface area contributed by atoms with E-state index >= 15 is 0 Å². The highest BCUT2D eigenvalue weighted by atomic mass is 15.0. The Kier molecular flexibility index (Phi) is 7.08. The largest absolute Gasteiger partial charge is 0.337 e. The molecule has 0 N–H and O–H groups in total. The minimum atomic E-state index is 0.542. The molecule has 2 nitrogen and oxygen atoms in total. The molecule has 2 heterocycles. The Balaban J connectivity index is 1.07. The van der Waals surface area contributed by atoms with Gasteiger partial charge in [0.25, 0.3) is 0 Å². The van der Waals surface area contributed by atoms with Gasteiger partial charge >= 0.3 is 0 Å². The highest BCUT2D eigenvalue weighted by molar-refractivity contribution is 6.12. The van der Waals surface area contributed by atoms with Gasteiger partial charge in [-0.1, -0.05) is 115 Å². The molecular formula is C48H40N2. The minimum Gasteiger partial charge on any atom is -0.337 e. The Morgan fingerprint density at radius 1 is 0.460 bits per heavy atom. The van der Waals surface area contributed by atoms with E-state index in [-0.39, 0.29) is 0 Å². The Hall–Kier alpha value is -5.60. The number of hydrogen-bond donors (Lipinski definition) is 0. The highest BCUT2D eigenvalue weighted by Crippen LogP contribution is 2.43. The molecule has 8 aromatic rings. The van der Waals surface area contributed by atoms with Gasteiger partial charge in [-0.3, -0.25) is 0 Å². The number of benzene rings is 6. The van der Waals surface area contributed by atoms with E-state index in [4.69, 9.17) is 0 Å². The number of fused-ring (bicyclic) bond motifs is 6. The first kappa shape index (κ1) is 29.3. The van der Waals surface area contributed by atoms with Crippen molar-refractivity contribution < 1.29 is 0 Å². The van der Waals surface area contributed by atoms with Crippen LogP contribution in [0.25, 0.3) is 71.6 Å². The van der Waals surface area contributed by atoms with Crippen LogP contribution in [0.4, 0.5) is 0 Å². The number of allylic oxidation sites excluding steroid dienone is 4. The van der Waals surface area contributed by atoms with Crippen LogP contribution in [0.2, 0.25) is 0 Å². The third kappa shape index (κ3) is 4.85. The molecule has 0 amide bonds. The molecule has 0 radical (unpaired) electrons. The van der Waals surface area contributed by atoms with E-state index in [0.717, 1.165) is 5.92 Å². The lowest BCUT2D eigenvalue weighted by Crippen LogP contribution is -2.19. The number of para-hydroxylation sites is 2. The summed E-state index contributed by atoms with van der Waals surface area (Å²) in [6, 6.07) is 52.3. The summed E-state index contributed by atoms with van der Waals surface area (Å²) >= 11 is 0. The summed E-state index contributed by atoms with van der Waals surface area (Å²) in [6.07, 6.45) is 14.5. The fourth-order valence-corrected chi connectivity index (χ4v) is 9.11. The summed E-state index contributed by atoms with van der Waals surface area (Å²) in [6.45, 7) is 0. The third-order valence-electron chi connectivity index (χ3n) is 11.6. The Morgan fingerprint density at radius 2 is 1.08 bits per heavy atom. The Bertz CT molecular complexity index is 2590. The van der Waals surface area contributed by atoms with Crippen LogP contribution >= 0.6 is 0 Å². The van der Waals surface area contributed by atoms with Crippen molar-refractivity contribution in [1.82, 2.24) is 9.13 Å². The van der Waals surface area contributed by atoms with Crippen molar-refractivity contribution >= 4 is 43.6 Å². The molecule has 2 aliphatic carbocycles. The van der Waals surface area contributed by atoms with Gasteiger partial charge < -0.3 is 9.13 Å². The van der Waals surface area contributed by atoms with Crippen molar-refractivity contribution in [1.29, 1.82) is 0 Å². The smallest absolute Gasteiger partial charge is 0.0547 e. The first-order chi connectivity index (χ1) is 24.8. The molecule has 242 valence electrons. The van der Waals surface area contributed by atoms with Gasteiger partial charge in [-0.05, 0) is 115 Å². The van der Waals surface area contributed by atoms with Gasteiger partial charge in [-0.15, -0.1) is 0 Å². The summed E-state index contributed by atoms with van der Waals surface area (Å²) in [5.41, 5.74) is 13.1. The maximum Gasteiger partial charge on any atom is 0.0547 e. The van der Waals surface area contributed by atoms with Crippen molar-refractivity contribution in [3.05, 3.63) is 163 Å². The topological polar surface area (TPSA) is 9.86 Å². The molecule has 0 aliphatic heterocycles. The van der Waals surface area contributed by atoms with Gasteiger partial charge in [-0.2, -0.15) is 0 Å². The molecule has 1 saturated carbocycles. The van der Waals surface area contributed by atoms with Crippen LogP contribution in [0.5, 0.6) is 0 Å². The Morgan fingerprint density at radius 3 is 1.84 bits per heavy atom. The van der Waals surface area contributed by atoms with Crippen molar-refractivity contribution in [2.75, 3.05) is 0 Å². The minimum absolute atomic E-state index is 0.542. The quantitative estimate of drug-likeness (QED) is 0.176. The lowest BCUT2D eigenvalue weighted by atomic mass is 9.79. The molecule has 2 aromatic heterocycles. The van der Waals surface area contributed by atoms with Crippen molar-refractivity contribution in [2.45, 2.75) is 44.6 Å². The van der Waals surface area contributed by atoms with Crippen LogP contribution in [0.3, 0.4) is 0 Å². The second kappa shape index (κ2) is 12.1. The summed E-state index contributed by atoms with van der Waals surface area (Å²) in [5.74, 6) is 0.753. The number of aromatic nitrogens is 2. The third-order valence-corrected chi connectivity index (χ3v) is 11.6. The second-order valence-electron chi connectivity index (χ2n) is 14.3. The highest BCUT2D eigenvalue weighted by Gasteiger charge is 2.27. The zero-order valence-corrected chi connectivity index (χ0v) is 28.3. The van der Waals surface area contributed by atoms with Crippen LogP contribution in [-0.2, 0) is 0 Å². The van der Waals surface area contributed by atoms with Gasteiger partial charge in [-0.25, -0.2) is 0 Å². The average Bonchev–Trinajstić information content (AvgIpc) is 3.70. The van der Waals surface area contributed by atoms with Gasteiger partial charge in [0.05, 0.1) is 11.0 Å². The molecule has 0 atom stereocenters. The molecule has 2 aliphatic rings. The second-order valence-corrected chi connectivity index (χ2v) is 14.3. The lowest BCUT2D eigenvalue weighted by molar-refractivity contribution is 0.306.